The van der Waals surface area contributed by atoms with E-state index in [1.54, 1.807) is 6.33 Å². The van der Waals surface area contributed by atoms with Crippen LogP contribution in [0.5, 0.6) is 0 Å². The summed E-state index contributed by atoms with van der Waals surface area (Å²) in [7, 11) is 1.97. The quantitative estimate of drug-likeness (QED) is 0.890. The van der Waals surface area contributed by atoms with E-state index in [1.807, 2.05) is 17.7 Å². The van der Waals surface area contributed by atoms with Crippen LogP contribution < -0.4 is 5.32 Å². The van der Waals surface area contributed by atoms with Crippen LogP contribution in [-0.2, 0) is 24.9 Å². The van der Waals surface area contributed by atoms with E-state index in [1.165, 1.54) is 18.4 Å². The van der Waals surface area contributed by atoms with E-state index in [2.05, 4.69) is 39.8 Å². The number of hydrogen-bond acceptors (Lipinski definition) is 4. The molecule has 0 radical (unpaired) electrons. The zero-order valence-electron chi connectivity index (χ0n) is 13.1. The van der Waals surface area contributed by atoms with Crippen molar-refractivity contribution in [2.24, 2.45) is 7.05 Å². The number of hydrogen-bond donors (Lipinski definition) is 1. The van der Waals surface area contributed by atoms with Crippen LogP contribution >= 0.6 is 0 Å². The molecule has 1 fully saturated rings. The van der Waals surface area contributed by atoms with Crippen LogP contribution in [0.3, 0.4) is 0 Å². The molecule has 0 spiro atoms. The molecule has 1 aliphatic carbocycles. The zero-order chi connectivity index (χ0) is 15.2. The molecular weight excluding hydrogens is 276 g/mol. The minimum atomic E-state index is 0.280. The lowest BCUT2D eigenvalue weighted by Gasteiger charge is -2.32. The summed E-state index contributed by atoms with van der Waals surface area (Å²) in [4.78, 5) is 0. The van der Waals surface area contributed by atoms with Gasteiger partial charge in [0, 0.05) is 13.1 Å². The Hall–Kier alpha value is -1.72. The summed E-state index contributed by atoms with van der Waals surface area (Å²) in [5, 5.41) is 11.7. The van der Waals surface area contributed by atoms with Crippen LogP contribution in [-0.4, -0.2) is 26.9 Å². The second-order valence-corrected chi connectivity index (χ2v) is 5.96. The van der Waals surface area contributed by atoms with E-state index < -0.39 is 0 Å². The van der Waals surface area contributed by atoms with Crippen LogP contribution in [0.15, 0.2) is 36.7 Å². The van der Waals surface area contributed by atoms with Crippen molar-refractivity contribution < 1.29 is 4.74 Å². The Morgan fingerprint density at radius 2 is 2.05 bits per heavy atom. The molecule has 0 unspecified atom stereocenters. The summed E-state index contributed by atoms with van der Waals surface area (Å²) in [6, 6.07) is 10.8. The molecule has 0 aliphatic heterocycles. The van der Waals surface area contributed by atoms with Gasteiger partial charge in [-0.05, 0) is 18.4 Å². The van der Waals surface area contributed by atoms with Gasteiger partial charge in [0.15, 0.2) is 0 Å². The molecule has 1 N–H and O–H groups in total. The monoisotopic (exact) mass is 300 g/mol. The molecule has 1 aromatic carbocycles. The minimum absolute atomic E-state index is 0.280. The average molecular weight is 300 g/mol. The molecule has 1 aromatic heterocycles. The van der Waals surface area contributed by atoms with Gasteiger partial charge in [0.25, 0.3) is 0 Å². The van der Waals surface area contributed by atoms with Crippen molar-refractivity contribution in [3.05, 3.63) is 48.0 Å². The normalized spacial score (nSPS) is 21.9. The third-order valence-corrected chi connectivity index (χ3v) is 4.34. The van der Waals surface area contributed by atoms with E-state index in [0.29, 0.717) is 12.6 Å². The lowest BCUT2D eigenvalue weighted by Crippen LogP contribution is -2.43. The van der Waals surface area contributed by atoms with Crippen LogP contribution in [0.25, 0.3) is 0 Å². The number of ether oxygens (including phenoxy) is 1. The van der Waals surface area contributed by atoms with E-state index in [9.17, 15) is 0 Å². The highest BCUT2D eigenvalue weighted by atomic mass is 16.5. The first kappa shape index (κ1) is 15.2. The maximum atomic E-state index is 6.18. The van der Waals surface area contributed by atoms with E-state index in [4.69, 9.17) is 4.74 Å². The van der Waals surface area contributed by atoms with Crippen molar-refractivity contribution in [2.75, 3.05) is 0 Å². The first-order valence-corrected chi connectivity index (χ1v) is 8.05. The number of nitrogens with one attached hydrogen (secondary N) is 1. The van der Waals surface area contributed by atoms with Crippen molar-refractivity contribution >= 4 is 0 Å². The number of aromatic nitrogens is 3. The van der Waals surface area contributed by atoms with Crippen LogP contribution in [0, 0.1) is 0 Å². The Labute approximate surface area is 131 Å². The first-order valence-electron chi connectivity index (χ1n) is 8.05. The van der Waals surface area contributed by atoms with Crippen molar-refractivity contribution in [1.82, 2.24) is 20.1 Å². The van der Waals surface area contributed by atoms with Gasteiger partial charge >= 0.3 is 0 Å². The molecule has 5 heteroatoms. The zero-order valence-corrected chi connectivity index (χ0v) is 13.1. The Bertz CT molecular complexity index is 569. The van der Waals surface area contributed by atoms with Crippen LogP contribution in [0.2, 0.25) is 0 Å². The fraction of sp³-hybridized carbons (Fsp3) is 0.529. The second kappa shape index (κ2) is 7.51. The van der Waals surface area contributed by atoms with Crippen LogP contribution in [0.1, 0.15) is 37.1 Å². The summed E-state index contributed by atoms with van der Waals surface area (Å²) in [6.45, 7) is 1.43. The number of rotatable bonds is 6. The molecule has 2 aromatic rings. The number of aryl methyl sites for hydroxylation is 1. The molecule has 5 nitrogen and oxygen atoms in total. The highest BCUT2D eigenvalue weighted by Gasteiger charge is 2.25. The fourth-order valence-electron chi connectivity index (χ4n) is 3.00. The molecule has 22 heavy (non-hydrogen) atoms. The third-order valence-electron chi connectivity index (χ3n) is 4.34. The maximum absolute atomic E-state index is 6.18. The molecular formula is C17H24N4O. The molecule has 1 heterocycles. The first-order chi connectivity index (χ1) is 10.8. The SMILES string of the molecule is Cn1cnnc1CN[C@H]1CCCC[C@H]1OCc1ccccc1. The predicted molar refractivity (Wildman–Crippen MR) is 85.1 cm³/mol. The van der Waals surface area contributed by atoms with Gasteiger partial charge in [-0.2, -0.15) is 0 Å². The summed E-state index contributed by atoms with van der Waals surface area (Å²) in [5.74, 6) is 0.965. The van der Waals surface area contributed by atoms with Gasteiger partial charge in [0.2, 0.25) is 0 Å². The highest BCUT2D eigenvalue weighted by Crippen LogP contribution is 2.22. The standard InChI is InChI=1S/C17H24N4O/c1-21-13-19-20-17(21)11-18-15-9-5-6-10-16(15)22-12-14-7-3-2-4-8-14/h2-4,7-8,13,15-16,18H,5-6,9-12H2,1H3/t15-,16+/m0/s1. The van der Waals surface area contributed by atoms with Crippen molar-refractivity contribution in [1.29, 1.82) is 0 Å². The van der Waals surface area contributed by atoms with Gasteiger partial charge in [0.1, 0.15) is 12.2 Å². The Morgan fingerprint density at radius 1 is 1.23 bits per heavy atom. The Kier molecular flexibility index (Phi) is 5.19. The fourth-order valence-corrected chi connectivity index (χ4v) is 3.00. The van der Waals surface area contributed by atoms with E-state index >= 15 is 0 Å². The molecule has 0 bridgehead atoms. The summed E-state index contributed by atoms with van der Waals surface area (Å²) >= 11 is 0. The Balaban J connectivity index is 1.53. The van der Waals surface area contributed by atoms with Gasteiger partial charge in [-0.1, -0.05) is 43.2 Å². The van der Waals surface area contributed by atoms with Gasteiger partial charge in [-0.3, -0.25) is 0 Å². The lowest BCUT2D eigenvalue weighted by atomic mass is 9.92. The molecule has 118 valence electrons. The molecule has 0 amide bonds. The number of nitrogens with zero attached hydrogens (tertiary/aromatic N) is 3. The molecule has 1 aliphatic rings. The highest BCUT2D eigenvalue weighted by molar-refractivity contribution is 5.13. The van der Waals surface area contributed by atoms with Crippen molar-refractivity contribution in [3.63, 3.8) is 0 Å². The van der Waals surface area contributed by atoms with Gasteiger partial charge in [-0.25, -0.2) is 0 Å². The lowest BCUT2D eigenvalue weighted by molar-refractivity contribution is -0.00615. The smallest absolute Gasteiger partial charge is 0.146 e. The van der Waals surface area contributed by atoms with E-state index in [0.717, 1.165) is 25.2 Å². The summed E-state index contributed by atoms with van der Waals surface area (Å²) in [5.41, 5.74) is 1.24. The molecule has 2 atom stereocenters. The molecule has 0 saturated heterocycles. The van der Waals surface area contributed by atoms with Crippen molar-refractivity contribution in [2.45, 2.75) is 51.0 Å². The van der Waals surface area contributed by atoms with Gasteiger partial charge in [0.05, 0.1) is 19.3 Å². The average Bonchev–Trinajstić information content (AvgIpc) is 2.98. The third kappa shape index (κ3) is 3.93. The predicted octanol–water partition coefficient (Wildman–Crippen LogP) is 2.43. The summed E-state index contributed by atoms with van der Waals surface area (Å²) < 4.78 is 8.13. The number of benzene rings is 1. The largest absolute Gasteiger partial charge is 0.372 e. The topological polar surface area (TPSA) is 52.0 Å². The van der Waals surface area contributed by atoms with Crippen LogP contribution in [0.4, 0.5) is 0 Å². The molecule has 3 rings (SSSR count). The van der Waals surface area contributed by atoms with Crippen molar-refractivity contribution in [3.8, 4) is 0 Å². The molecule has 1 saturated carbocycles. The summed E-state index contributed by atoms with van der Waals surface area (Å²) in [6.07, 6.45) is 6.83. The maximum Gasteiger partial charge on any atom is 0.146 e. The van der Waals surface area contributed by atoms with Gasteiger partial charge < -0.3 is 14.6 Å². The Morgan fingerprint density at radius 3 is 2.82 bits per heavy atom. The minimum Gasteiger partial charge on any atom is -0.372 e. The van der Waals surface area contributed by atoms with E-state index in [-0.39, 0.29) is 6.10 Å². The second-order valence-electron chi connectivity index (χ2n) is 5.96. The van der Waals surface area contributed by atoms with Gasteiger partial charge in [-0.15, -0.1) is 10.2 Å².